The van der Waals surface area contributed by atoms with Crippen LogP contribution in [0, 0.1) is 5.92 Å². The van der Waals surface area contributed by atoms with E-state index in [-0.39, 0.29) is 36.0 Å². The second kappa shape index (κ2) is 13.8. The van der Waals surface area contributed by atoms with Crippen LogP contribution in [0.4, 0.5) is 0 Å². The van der Waals surface area contributed by atoms with Crippen molar-refractivity contribution in [2.45, 2.75) is 83.3 Å². The molecule has 0 aromatic heterocycles. The van der Waals surface area contributed by atoms with E-state index in [1.807, 2.05) is 0 Å². The minimum absolute atomic E-state index is 0. The molecule has 1 N–H and O–H groups in total. The molecule has 0 aromatic carbocycles. The smallest absolute Gasteiger partial charge is 0.549 e. The van der Waals surface area contributed by atoms with Crippen molar-refractivity contribution < 1.29 is 52.4 Å². The van der Waals surface area contributed by atoms with Crippen molar-refractivity contribution in [1.29, 1.82) is 0 Å². The van der Waals surface area contributed by atoms with Gasteiger partial charge in [-0.05, 0) is 12.3 Å². The number of carbonyl (C=O) groups excluding carboxylic acids is 1. The molecule has 0 spiro atoms. The zero-order valence-corrected chi connectivity index (χ0v) is 17.0. The Balaban J connectivity index is 0. The van der Waals surface area contributed by atoms with E-state index in [9.17, 15) is 18.3 Å². The molecule has 0 aliphatic rings. The van der Waals surface area contributed by atoms with Crippen LogP contribution in [0.5, 0.6) is 0 Å². The Morgan fingerprint density at radius 2 is 1.27 bits per heavy atom. The number of hydrogen-bond donors (Lipinski definition) is 1. The van der Waals surface area contributed by atoms with Gasteiger partial charge in [-0.3, -0.25) is 4.55 Å². The van der Waals surface area contributed by atoms with Gasteiger partial charge in [-0.1, -0.05) is 71.6 Å². The zero-order valence-electron chi connectivity index (χ0n) is 14.2. The number of carboxylic acid groups (broad SMARTS) is 1. The molecule has 0 saturated carbocycles. The summed E-state index contributed by atoms with van der Waals surface area (Å²) in [6.07, 6.45) is 9.44. The van der Waals surface area contributed by atoms with Crippen LogP contribution >= 0.6 is 0 Å². The van der Waals surface area contributed by atoms with E-state index in [4.69, 9.17) is 4.55 Å². The monoisotopic (exact) mass is 344 g/mol. The maximum atomic E-state index is 10.8. The minimum atomic E-state index is -4.54. The topological polar surface area (TPSA) is 94.5 Å². The largest absolute Gasteiger partial charge is 1.00 e. The van der Waals surface area contributed by atoms with Crippen LogP contribution < -0.4 is 34.7 Å². The molecule has 0 aromatic rings. The molecular weight excluding hydrogens is 315 g/mol. The Bertz CT molecular complexity index is 381. The molecule has 7 heteroatoms. The Labute approximate surface area is 157 Å². The molecule has 1 atom stereocenters. The average molecular weight is 344 g/mol. The molecule has 1 unspecified atom stereocenters. The third-order valence-corrected chi connectivity index (χ3v) is 4.77. The fourth-order valence-corrected chi connectivity index (χ4v) is 3.04. The molecule has 0 rings (SSSR count). The van der Waals surface area contributed by atoms with Gasteiger partial charge < -0.3 is 9.90 Å². The average Bonchev–Trinajstić information content (AvgIpc) is 2.33. The van der Waals surface area contributed by atoms with Gasteiger partial charge in [0.05, 0.1) is 5.97 Å². The molecule has 0 aliphatic carbocycles. The van der Waals surface area contributed by atoms with Crippen LogP contribution in [-0.2, 0) is 14.9 Å². The van der Waals surface area contributed by atoms with Crippen LogP contribution in [-0.4, -0.2) is 24.2 Å². The van der Waals surface area contributed by atoms with Crippen molar-refractivity contribution in [2.24, 2.45) is 5.92 Å². The second-order valence-corrected chi connectivity index (χ2v) is 7.72. The second-order valence-electron chi connectivity index (χ2n) is 6.12. The van der Waals surface area contributed by atoms with Crippen LogP contribution in [0.2, 0.25) is 0 Å². The third kappa shape index (κ3) is 14.0. The Morgan fingerprint density at radius 1 is 0.909 bits per heavy atom. The standard InChI is InChI=1S/C15H30O5S.Na/c1-13(2)11-9-7-5-3-4-6-8-10-12-14(15(16)17)21(18,19)20;/h13-14H,3-12H2,1-2H3,(H,16,17)(H,18,19,20);/q;+1/p-1. The summed E-state index contributed by atoms with van der Waals surface area (Å²) in [4.78, 5) is 10.6. The number of aliphatic carboxylic acids is 1. The van der Waals surface area contributed by atoms with Gasteiger partial charge in [0.1, 0.15) is 5.25 Å². The molecule has 126 valence electrons. The van der Waals surface area contributed by atoms with Crippen molar-refractivity contribution in [1.82, 2.24) is 0 Å². The first-order chi connectivity index (χ1) is 9.75. The quantitative estimate of drug-likeness (QED) is 0.277. The summed E-state index contributed by atoms with van der Waals surface area (Å²) in [5.74, 6) is -0.952. The molecule has 0 radical (unpaired) electrons. The van der Waals surface area contributed by atoms with Gasteiger partial charge in [-0.15, -0.1) is 0 Å². The molecule has 0 amide bonds. The van der Waals surface area contributed by atoms with Gasteiger partial charge in [-0.2, -0.15) is 8.42 Å². The van der Waals surface area contributed by atoms with Crippen molar-refractivity contribution in [3.05, 3.63) is 0 Å². The van der Waals surface area contributed by atoms with Crippen molar-refractivity contribution >= 4 is 16.1 Å². The molecule has 0 fully saturated rings. The maximum absolute atomic E-state index is 10.8. The van der Waals surface area contributed by atoms with Crippen molar-refractivity contribution in [3.8, 4) is 0 Å². The molecule has 0 saturated heterocycles. The van der Waals surface area contributed by atoms with Crippen LogP contribution in [0.15, 0.2) is 0 Å². The first-order valence-corrected chi connectivity index (χ1v) is 9.42. The van der Waals surface area contributed by atoms with E-state index in [1.54, 1.807) is 0 Å². The number of carbonyl (C=O) groups is 1. The Kier molecular flexibility index (Phi) is 15.4. The van der Waals surface area contributed by atoms with Gasteiger partial charge in [-0.25, -0.2) is 0 Å². The zero-order chi connectivity index (χ0) is 16.3. The van der Waals surface area contributed by atoms with Gasteiger partial charge in [0.25, 0.3) is 10.1 Å². The normalized spacial score (nSPS) is 12.9. The van der Waals surface area contributed by atoms with Crippen molar-refractivity contribution in [3.63, 3.8) is 0 Å². The third-order valence-electron chi connectivity index (χ3n) is 3.62. The Hall–Kier alpha value is 0.380. The van der Waals surface area contributed by atoms with Crippen LogP contribution in [0.25, 0.3) is 0 Å². The van der Waals surface area contributed by atoms with Gasteiger partial charge in [0, 0.05) is 0 Å². The SMILES string of the molecule is CC(C)CCCCCCCCCCC(C(=O)[O-])S(=O)(=O)O.[Na+]. The van der Waals surface area contributed by atoms with Gasteiger partial charge in [0.2, 0.25) is 0 Å². The summed E-state index contributed by atoms with van der Waals surface area (Å²) >= 11 is 0. The molecular formula is C15H29NaO5S. The fourth-order valence-electron chi connectivity index (χ4n) is 2.33. The molecule has 0 aliphatic heterocycles. The summed E-state index contributed by atoms with van der Waals surface area (Å²) in [6.45, 7) is 4.46. The summed E-state index contributed by atoms with van der Waals surface area (Å²) in [7, 11) is -4.54. The first-order valence-electron chi connectivity index (χ1n) is 7.92. The predicted octanol–water partition coefficient (Wildman–Crippen LogP) is -0.446. The van der Waals surface area contributed by atoms with E-state index in [0.717, 1.165) is 25.2 Å². The maximum Gasteiger partial charge on any atom is 1.00 e. The van der Waals surface area contributed by atoms with E-state index >= 15 is 0 Å². The van der Waals surface area contributed by atoms with E-state index in [2.05, 4.69) is 13.8 Å². The molecule has 22 heavy (non-hydrogen) atoms. The fraction of sp³-hybridized carbons (Fsp3) is 0.933. The summed E-state index contributed by atoms with van der Waals surface area (Å²) in [5.41, 5.74) is 0. The van der Waals surface area contributed by atoms with Gasteiger partial charge >= 0.3 is 29.6 Å². The van der Waals surface area contributed by atoms with Crippen molar-refractivity contribution in [2.75, 3.05) is 0 Å². The molecule has 0 heterocycles. The number of rotatable bonds is 13. The van der Waals surface area contributed by atoms with Gasteiger partial charge in [0.15, 0.2) is 0 Å². The minimum Gasteiger partial charge on any atom is -0.549 e. The number of carboxylic acids is 1. The number of hydrogen-bond acceptors (Lipinski definition) is 4. The molecule has 0 bridgehead atoms. The van der Waals surface area contributed by atoms with E-state index in [1.165, 1.54) is 32.1 Å². The van der Waals surface area contributed by atoms with Crippen LogP contribution in [0.1, 0.15) is 78.1 Å². The summed E-state index contributed by atoms with van der Waals surface area (Å²) < 4.78 is 30.4. The van der Waals surface area contributed by atoms with Crippen LogP contribution in [0.3, 0.4) is 0 Å². The Morgan fingerprint density at radius 3 is 1.59 bits per heavy atom. The van der Waals surface area contributed by atoms with E-state index < -0.39 is 21.3 Å². The predicted molar refractivity (Wildman–Crippen MR) is 81.4 cm³/mol. The summed E-state index contributed by atoms with van der Waals surface area (Å²) in [5, 5.41) is 8.83. The summed E-state index contributed by atoms with van der Waals surface area (Å²) in [6, 6.07) is 0. The first kappa shape index (κ1) is 24.6. The number of unbranched alkanes of at least 4 members (excludes halogenated alkanes) is 7. The molecule has 5 nitrogen and oxygen atoms in total. The van der Waals surface area contributed by atoms with E-state index in [0.29, 0.717) is 6.42 Å².